The van der Waals surface area contributed by atoms with Gasteiger partial charge >= 0.3 is 0 Å². The van der Waals surface area contributed by atoms with E-state index >= 15 is 0 Å². The van der Waals surface area contributed by atoms with Crippen molar-refractivity contribution in [2.45, 2.75) is 26.3 Å². The monoisotopic (exact) mass is 255 g/mol. The van der Waals surface area contributed by atoms with E-state index in [0.717, 1.165) is 0 Å². The van der Waals surface area contributed by atoms with Gasteiger partial charge in [0.25, 0.3) is 0 Å². The molecule has 1 aromatic carbocycles. The highest BCUT2D eigenvalue weighted by Gasteiger charge is 2.11. The molecule has 0 saturated carbocycles. The molecule has 4 heteroatoms. The zero-order chi connectivity index (χ0) is 13.1. The van der Waals surface area contributed by atoms with Crippen molar-refractivity contribution in [1.82, 2.24) is 5.32 Å². The number of carbonyl (C=O) groups excluding carboxylic acids is 1. The molecule has 2 nitrogen and oxygen atoms in total. The quantitative estimate of drug-likeness (QED) is 0.807. The molecule has 0 aliphatic rings. The Balaban J connectivity index is 2.81. The molecule has 1 rings (SSSR count). The molecule has 0 bridgehead atoms. The third kappa shape index (κ3) is 4.57. The number of hydrogen-bond donors (Lipinski definition) is 1. The Morgan fingerprint density at radius 3 is 2.59 bits per heavy atom. The predicted molar refractivity (Wildman–Crippen MR) is 68.3 cm³/mol. The summed E-state index contributed by atoms with van der Waals surface area (Å²) in [5.41, 5.74) is -0.0984. The highest BCUT2D eigenvalue weighted by Crippen LogP contribution is 2.20. The highest BCUT2D eigenvalue weighted by atomic mass is 35.5. The molecule has 0 aromatic heterocycles. The first-order chi connectivity index (χ1) is 7.79. The van der Waals surface area contributed by atoms with Crippen LogP contribution < -0.4 is 5.32 Å². The van der Waals surface area contributed by atoms with Gasteiger partial charge in [0.15, 0.2) is 0 Å². The van der Waals surface area contributed by atoms with E-state index in [4.69, 9.17) is 11.6 Å². The van der Waals surface area contributed by atoms with E-state index in [9.17, 15) is 9.18 Å². The van der Waals surface area contributed by atoms with Gasteiger partial charge in [-0.25, -0.2) is 4.39 Å². The Hall–Kier alpha value is -1.35. The van der Waals surface area contributed by atoms with Gasteiger partial charge in [-0.3, -0.25) is 4.79 Å². The van der Waals surface area contributed by atoms with Crippen LogP contribution in [-0.4, -0.2) is 11.4 Å². The average molecular weight is 256 g/mol. The molecular weight excluding hydrogens is 241 g/mol. The highest BCUT2D eigenvalue weighted by molar-refractivity contribution is 6.32. The van der Waals surface area contributed by atoms with E-state index in [1.807, 2.05) is 20.8 Å². The van der Waals surface area contributed by atoms with Gasteiger partial charge in [0.05, 0.1) is 5.02 Å². The molecule has 92 valence electrons. The van der Waals surface area contributed by atoms with Crippen LogP contribution in [0.2, 0.25) is 5.02 Å². The molecule has 0 heterocycles. The smallest absolute Gasteiger partial charge is 0.244 e. The molecule has 0 radical (unpaired) electrons. The van der Waals surface area contributed by atoms with Gasteiger partial charge in [-0.05, 0) is 39.0 Å². The van der Waals surface area contributed by atoms with Crippen LogP contribution in [0, 0.1) is 5.82 Å². The lowest BCUT2D eigenvalue weighted by atomic mass is 10.1. The van der Waals surface area contributed by atoms with Crippen LogP contribution in [0.15, 0.2) is 24.3 Å². The largest absolute Gasteiger partial charge is 0.348 e. The van der Waals surface area contributed by atoms with Crippen LogP contribution in [0.4, 0.5) is 4.39 Å². The first-order valence-corrected chi connectivity index (χ1v) is 5.61. The molecule has 0 fully saturated rings. The summed E-state index contributed by atoms with van der Waals surface area (Å²) in [7, 11) is 0. The van der Waals surface area contributed by atoms with Crippen molar-refractivity contribution in [3.8, 4) is 0 Å². The Morgan fingerprint density at radius 1 is 1.41 bits per heavy atom. The second-order valence-electron chi connectivity index (χ2n) is 4.71. The molecule has 0 unspecified atom stereocenters. The van der Waals surface area contributed by atoms with Gasteiger partial charge in [-0.1, -0.05) is 17.7 Å². The van der Waals surface area contributed by atoms with E-state index in [-0.39, 0.29) is 22.0 Å². The first-order valence-electron chi connectivity index (χ1n) is 5.24. The summed E-state index contributed by atoms with van der Waals surface area (Å²) >= 11 is 5.82. The van der Waals surface area contributed by atoms with E-state index in [1.165, 1.54) is 24.3 Å². The van der Waals surface area contributed by atoms with Crippen LogP contribution >= 0.6 is 11.6 Å². The lowest BCUT2D eigenvalue weighted by Crippen LogP contribution is -2.39. The summed E-state index contributed by atoms with van der Waals surface area (Å²) in [6, 6.07) is 4.39. The Kier molecular flexibility index (Phi) is 4.29. The van der Waals surface area contributed by atoms with Crippen molar-refractivity contribution in [2.75, 3.05) is 0 Å². The minimum Gasteiger partial charge on any atom is -0.348 e. The van der Waals surface area contributed by atoms with E-state index in [2.05, 4.69) is 5.32 Å². The predicted octanol–water partition coefficient (Wildman–Crippen LogP) is 3.41. The van der Waals surface area contributed by atoms with Crippen molar-refractivity contribution in [3.05, 3.63) is 40.7 Å². The molecule has 0 spiro atoms. The molecule has 0 aliphatic heterocycles. The molecule has 17 heavy (non-hydrogen) atoms. The van der Waals surface area contributed by atoms with Crippen molar-refractivity contribution < 1.29 is 9.18 Å². The maximum absolute atomic E-state index is 13.4. The van der Waals surface area contributed by atoms with Crippen LogP contribution in [-0.2, 0) is 4.79 Å². The summed E-state index contributed by atoms with van der Waals surface area (Å²) in [6.07, 6.45) is 2.65. The second-order valence-corrected chi connectivity index (χ2v) is 5.12. The van der Waals surface area contributed by atoms with Crippen molar-refractivity contribution >= 4 is 23.6 Å². The number of carbonyl (C=O) groups is 1. The fourth-order valence-corrected chi connectivity index (χ4v) is 1.47. The maximum atomic E-state index is 13.4. The summed E-state index contributed by atoms with van der Waals surface area (Å²) in [4.78, 5) is 11.5. The number of hydrogen-bond acceptors (Lipinski definition) is 1. The zero-order valence-electron chi connectivity index (χ0n) is 10.1. The van der Waals surface area contributed by atoms with Gasteiger partial charge in [-0.2, -0.15) is 0 Å². The standard InChI is InChI=1S/C13H15ClFNO/c1-13(2,3)16-12(17)8-7-9-10(14)5-4-6-11(9)15/h4-8H,1-3H3,(H,16,17)/b8-7+. The molecule has 1 N–H and O–H groups in total. The summed E-state index contributed by atoms with van der Waals surface area (Å²) < 4.78 is 13.4. The van der Waals surface area contributed by atoms with Gasteiger partial charge in [0.2, 0.25) is 5.91 Å². The molecule has 0 atom stereocenters. The molecule has 0 saturated heterocycles. The van der Waals surface area contributed by atoms with Crippen LogP contribution in [0.1, 0.15) is 26.3 Å². The number of halogens is 2. The fourth-order valence-electron chi connectivity index (χ4n) is 1.24. The van der Waals surface area contributed by atoms with Crippen LogP contribution in [0.3, 0.4) is 0 Å². The second kappa shape index (κ2) is 5.32. The number of nitrogens with one attached hydrogen (secondary N) is 1. The van der Waals surface area contributed by atoms with Gasteiger partial charge < -0.3 is 5.32 Å². The zero-order valence-corrected chi connectivity index (χ0v) is 10.8. The number of rotatable bonds is 2. The number of amides is 1. The van der Waals surface area contributed by atoms with E-state index in [0.29, 0.717) is 0 Å². The first kappa shape index (κ1) is 13.7. The Morgan fingerprint density at radius 2 is 2.06 bits per heavy atom. The number of benzene rings is 1. The lowest BCUT2D eigenvalue weighted by Gasteiger charge is -2.18. The Labute approximate surface area is 105 Å². The molecule has 1 aromatic rings. The molecular formula is C13H15ClFNO. The van der Waals surface area contributed by atoms with Gasteiger partial charge in [0, 0.05) is 17.2 Å². The third-order valence-corrected chi connectivity index (χ3v) is 2.23. The van der Waals surface area contributed by atoms with Crippen molar-refractivity contribution in [2.24, 2.45) is 0 Å². The maximum Gasteiger partial charge on any atom is 0.244 e. The van der Waals surface area contributed by atoms with Gasteiger partial charge in [-0.15, -0.1) is 0 Å². The van der Waals surface area contributed by atoms with E-state index in [1.54, 1.807) is 6.07 Å². The molecule has 1 amide bonds. The minimum absolute atomic E-state index is 0.221. The normalized spacial score (nSPS) is 11.8. The molecule has 0 aliphatic carbocycles. The fraction of sp³-hybridized carbons (Fsp3) is 0.308. The third-order valence-electron chi connectivity index (χ3n) is 1.90. The van der Waals surface area contributed by atoms with Crippen molar-refractivity contribution in [1.29, 1.82) is 0 Å². The summed E-state index contributed by atoms with van der Waals surface area (Å²) in [6.45, 7) is 5.61. The van der Waals surface area contributed by atoms with Crippen LogP contribution in [0.25, 0.3) is 6.08 Å². The lowest BCUT2D eigenvalue weighted by molar-refractivity contribution is -0.117. The summed E-state index contributed by atoms with van der Waals surface area (Å²) in [5.74, 6) is -0.728. The van der Waals surface area contributed by atoms with Gasteiger partial charge in [0.1, 0.15) is 5.82 Å². The van der Waals surface area contributed by atoms with E-state index < -0.39 is 5.82 Å². The topological polar surface area (TPSA) is 29.1 Å². The summed E-state index contributed by atoms with van der Waals surface area (Å²) in [5, 5.41) is 3.02. The minimum atomic E-state index is -0.447. The SMILES string of the molecule is CC(C)(C)NC(=O)/C=C/c1c(F)cccc1Cl. The van der Waals surface area contributed by atoms with Crippen molar-refractivity contribution in [3.63, 3.8) is 0 Å². The van der Waals surface area contributed by atoms with Crippen LogP contribution in [0.5, 0.6) is 0 Å². The Bertz CT molecular complexity index is 429. The average Bonchev–Trinajstić information content (AvgIpc) is 2.14.